The van der Waals surface area contributed by atoms with Crippen molar-refractivity contribution >= 4 is 21.6 Å². The summed E-state index contributed by atoms with van der Waals surface area (Å²) in [4.78, 5) is 12.9. The molecule has 0 aliphatic carbocycles. The van der Waals surface area contributed by atoms with Gasteiger partial charge in [0.05, 0.1) is 16.6 Å². The standard InChI is InChI=1S/C25H28N2O4S/c1-19-9-13-23(14-10-19)31-18-21(3)26-25(28)17-27(22-7-5-4-6-8-22)32(29,30)24-15-11-20(2)12-16-24/h4-16,21H,17-18H2,1-3H3,(H,26,28). The number of nitrogens with zero attached hydrogens (tertiary/aromatic N) is 1. The predicted octanol–water partition coefficient (Wildman–Crippen LogP) is 4.08. The second-order valence-corrected chi connectivity index (χ2v) is 9.62. The van der Waals surface area contributed by atoms with Crippen LogP contribution in [0.1, 0.15) is 18.1 Å². The number of nitrogens with one attached hydrogen (secondary N) is 1. The van der Waals surface area contributed by atoms with E-state index in [0.717, 1.165) is 15.4 Å². The van der Waals surface area contributed by atoms with Crippen LogP contribution < -0.4 is 14.4 Å². The largest absolute Gasteiger partial charge is 0.491 e. The van der Waals surface area contributed by atoms with E-state index in [9.17, 15) is 13.2 Å². The lowest BCUT2D eigenvalue weighted by atomic mass is 10.2. The quantitative estimate of drug-likeness (QED) is 0.531. The van der Waals surface area contributed by atoms with Gasteiger partial charge in [0.15, 0.2) is 0 Å². The zero-order valence-electron chi connectivity index (χ0n) is 18.5. The summed E-state index contributed by atoms with van der Waals surface area (Å²) in [6.07, 6.45) is 0. The van der Waals surface area contributed by atoms with Gasteiger partial charge < -0.3 is 10.1 Å². The van der Waals surface area contributed by atoms with Crippen LogP contribution >= 0.6 is 0 Å². The summed E-state index contributed by atoms with van der Waals surface area (Å²) in [6, 6.07) is 22.5. The molecule has 0 saturated carbocycles. The minimum absolute atomic E-state index is 0.135. The number of anilines is 1. The molecular formula is C25H28N2O4S. The fourth-order valence-corrected chi connectivity index (χ4v) is 4.52. The summed E-state index contributed by atoms with van der Waals surface area (Å²) in [5.41, 5.74) is 2.51. The van der Waals surface area contributed by atoms with Gasteiger partial charge in [-0.05, 0) is 57.2 Å². The van der Waals surface area contributed by atoms with Crippen LogP contribution in [0.5, 0.6) is 5.75 Å². The molecule has 0 aliphatic rings. The van der Waals surface area contributed by atoms with Crippen LogP contribution in [0.4, 0.5) is 5.69 Å². The Hall–Kier alpha value is -3.32. The van der Waals surface area contributed by atoms with E-state index in [1.807, 2.05) is 45.0 Å². The topological polar surface area (TPSA) is 75.7 Å². The Balaban J connectivity index is 1.71. The van der Waals surface area contributed by atoms with E-state index in [-0.39, 0.29) is 24.1 Å². The third-order valence-corrected chi connectivity index (χ3v) is 6.66. The molecule has 3 aromatic carbocycles. The molecular weight excluding hydrogens is 424 g/mol. The molecule has 32 heavy (non-hydrogen) atoms. The lowest BCUT2D eigenvalue weighted by Crippen LogP contribution is -2.45. The van der Waals surface area contributed by atoms with E-state index >= 15 is 0 Å². The third-order valence-electron chi connectivity index (χ3n) is 4.87. The summed E-state index contributed by atoms with van der Waals surface area (Å²) in [7, 11) is -3.92. The molecule has 0 heterocycles. The highest BCUT2D eigenvalue weighted by molar-refractivity contribution is 7.92. The molecule has 0 radical (unpaired) electrons. The van der Waals surface area contributed by atoms with Crippen LogP contribution in [0.3, 0.4) is 0 Å². The highest BCUT2D eigenvalue weighted by Gasteiger charge is 2.27. The van der Waals surface area contributed by atoms with E-state index in [0.29, 0.717) is 11.4 Å². The summed E-state index contributed by atoms with van der Waals surface area (Å²) in [5.74, 6) is 0.300. The molecule has 1 unspecified atom stereocenters. The van der Waals surface area contributed by atoms with Crippen molar-refractivity contribution in [3.05, 3.63) is 90.0 Å². The third kappa shape index (κ3) is 6.11. The Morgan fingerprint density at radius 2 is 1.47 bits per heavy atom. The van der Waals surface area contributed by atoms with Gasteiger partial charge in [-0.2, -0.15) is 0 Å². The van der Waals surface area contributed by atoms with Crippen molar-refractivity contribution in [2.24, 2.45) is 0 Å². The normalized spacial score (nSPS) is 12.1. The molecule has 3 rings (SSSR count). The van der Waals surface area contributed by atoms with E-state index in [1.165, 1.54) is 0 Å². The van der Waals surface area contributed by atoms with Crippen molar-refractivity contribution in [2.75, 3.05) is 17.5 Å². The average molecular weight is 453 g/mol. The van der Waals surface area contributed by atoms with Gasteiger partial charge in [-0.15, -0.1) is 0 Å². The summed E-state index contributed by atoms with van der Waals surface area (Å²) in [5, 5.41) is 2.82. The van der Waals surface area contributed by atoms with Crippen LogP contribution in [0, 0.1) is 13.8 Å². The minimum atomic E-state index is -3.92. The van der Waals surface area contributed by atoms with Gasteiger partial charge in [-0.25, -0.2) is 8.42 Å². The van der Waals surface area contributed by atoms with E-state index in [1.54, 1.807) is 54.6 Å². The number of amides is 1. The SMILES string of the molecule is Cc1ccc(OCC(C)NC(=O)CN(c2ccccc2)S(=O)(=O)c2ccc(C)cc2)cc1. The zero-order chi connectivity index (χ0) is 23.1. The average Bonchev–Trinajstić information content (AvgIpc) is 2.78. The number of hydrogen-bond acceptors (Lipinski definition) is 4. The first-order valence-corrected chi connectivity index (χ1v) is 11.8. The number of aryl methyl sites for hydroxylation is 2. The number of hydrogen-bond donors (Lipinski definition) is 1. The number of sulfonamides is 1. The molecule has 168 valence electrons. The summed E-state index contributed by atoms with van der Waals surface area (Å²) in [6.45, 7) is 5.63. The Kier molecular flexibility index (Phi) is 7.53. The van der Waals surface area contributed by atoms with Crippen LogP contribution in [-0.4, -0.2) is 33.5 Å². The Bertz CT molecular complexity index is 1130. The molecule has 7 heteroatoms. The van der Waals surface area contributed by atoms with Gasteiger partial charge in [0, 0.05) is 0 Å². The predicted molar refractivity (Wildman–Crippen MR) is 126 cm³/mol. The lowest BCUT2D eigenvalue weighted by Gasteiger charge is -2.25. The summed E-state index contributed by atoms with van der Waals surface area (Å²) < 4.78 is 33.5. The molecule has 0 aliphatic heterocycles. The first-order valence-electron chi connectivity index (χ1n) is 10.4. The molecule has 1 amide bonds. The van der Waals surface area contributed by atoms with Crippen molar-refractivity contribution in [1.29, 1.82) is 0 Å². The maximum atomic E-state index is 13.3. The highest BCUT2D eigenvalue weighted by atomic mass is 32.2. The smallest absolute Gasteiger partial charge is 0.264 e. The molecule has 0 fully saturated rings. The van der Waals surface area contributed by atoms with Crippen molar-refractivity contribution in [3.63, 3.8) is 0 Å². The van der Waals surface area contributed by atoms with Gasteiger partial charge in [0.25, 0.3) is 10.0 Å². The highest BCUT2D eigenvalue weighted by Crippen LogP contribution is 2.23. The van der Waals surface area contributed by atoms with E-state index in [4.69, 9.17) is 4.74 Å². The molecule has 1 atom stereocenters. The molecule has 0 aromatic heterocycles. The monoisotopic (exact) mass is 452 g/mol. The minimum Gasteiger partial charge on any atom is -0.491 e. The van der Waals surface area contributed by atoms with Crippen LogP contribution in [0.25, 0.3) is 0 Å². The second-order valence-electron chi connectivity index (χ2n) is 7.75. The number of carbonyl (C=O) groups excluding carboxylic acids is 1. The van der Waals surface area contributed by atoms with E-state index in [2.05, 4.69) is 5.32 Å². The van der Waals surface area contributed by atoms with Crippen LogP contribution in [0.15, 0.2) is 83.8 Å². The number of carbonyl (C=O) groups is 1. The van der Waals surface area contributed by atoms with Crippen molar-refractivity contribution in [1.82, 2.24) is 5.32 Å². The van der Waals surface area contributed by atoms with Gasteiger partial charge >= 0.3 is 0 Å². The molecule has 6 nitrogen and oxygen atoms in total. The molecule has 3 aromatic rings. The number of para-hydroxylation sites is 1. The van der Waals surface area contributed by atoms with Gasteiger partial charge in [0.2, 0.25) is 5.91 Å². The van der Waals surface area contributed by atoms with Crippen LogP contribution in [-0.2, 0) is 14.8 Å². The fourth-order valence-electron chi connectivity index (χ4n) is 3.10. The van der Waals surface area contributed by atoms with Crippen LogP contribution in [0.2, 0.25) is 0 Å². The Labute approximate surface area is 189 Å². The maximum absolute atomic E-state index is 13.3. The zero-order valence-corrected chi connectivity index (χ0v) is 19.3. The van der Waals surface area contributed by atoms with E-state index < -0.39 is 15.9 Å². The second kappa shape index (κ2) is 10.3. The van der Waals surface area contributed by atoms with Gasteiger partial charge in [-0.3, -0.25) is 9.10 Å². The first kappa shape index (κ1) is 23.3. The fraction of sp³-hybridized carbons (Fsp3) is 0.240. The van der Waals surface area contributed by atoms with Gasteiger partial charge in [-0.1, -0.05) is 53.6 Å². The van der Waals surface area contributed by atoms with Gasteiger partial charge in [0.1, 0.15) is 18.9 Å². The maximum Gasteiger partial charge on any atom is 0.264 e. The Morgan fingerprint density at radius 1 is 0.906 bits per heavy atom. The lowest BCUT2D eigenvalue weighted by molar-refractivity contribution is -0.120. The first-order chi connectivity index (χ1) is 15.3. The summed E-state index contributed by atoms with van der Waals surface area (Å²) >= 11 is 0. The van der Waals surface area contributed by atoms with Crippen molar-refractivity contribution in [3.8, 4) is 5.75 Å². The molecule has 1 N–H and O–H groups in total. The number of benzene rings is 3. The number of rotatable bonds is 9. The van der Waals surface area contributed by atoms with Crippen molar-refractivity contribution in [2.45, 2.75) is 31.7 Å². The Morgan fingerprint density at radius 3 is 2.06 bits per heavy atom. The molecule has 0 bridgehead atoms. The molecule has 0 saturated heterocycles. The van der Waals surface area contributed by atoms with Crippen molar-refractivity contribution < 1.29 is 17.9 Å². The number of ether oxygens (including phenoxy) is 1. The molecule has 0 spiro atoms.